The third kappa shape index (κ3) is 3.19. The van der Waals surface area contributed by atoms with Crippen molar-refractivity contribution in [3.05, 3.63) is 57.5 Å². The number of hydrogen-bond donors (Lipinski definition) is 2. The molecule has 1 heterocycles. The number of carbonyl (C=O) groups is 1. The van der Waals surface area contributed by atoms with Crippen molar-refractivity contribution in [2.75, 3.05) is 11.1 Å². The minimum absolute atomic E-state index is 0.0619. The molecule has 0 aliphatic carbocycles. The number of nitrogens with two attached hydrogens (primary N) is 1. The summed E-state index contributed by atoms with van der Waals surface area (Å²) in [6.45, 7) is 1.71. The Morgan fingerprint density at radius 2 is 2.10 bits per heavy atom. The molecule has 1 amide bonds. The second kappa shape index (κ2) is 5.79. The first kappa shape index (κ1) is 14.1. The average molecular weight is 292 g/mol. The molecule has 2 aromatic rings. The van der Waals surface area contributed by atoms with Crippen LogP contribution >= 0.6 is 11.6 Å². The van der Waals surface area contributed by atoms with Gasteiger partial charge in [-0.3, -0.25) is 9.59 Å². The topological polar surface area (TPSA) is 77.1 Å². The molecule has 0 aliphatic heterocycles. The Bertz CT molecular complexity index is 710. The zero-order chi connectivity index (χ0) is 14.7. The molecule has 6 heteroatoms. The molecule has 0 saturated heterocycles. The number of halogens is 1. The lowest BCUT2D eigenvalue weighted by Crippen LogP contribution is -2.28. The number of pyridine rings is 1. The van der Waals surface area contributed by atoms with Crippen LogP contribution in [0, 0.1) is 6.92 Å². The first-order valence-corrected chi connectivity index (χ1v) is 6.36. The van der Waals surface area contributed by atoms with Gasteiger partial charge in [0.2, 0.25) is 5.91 Å². The summed E-state index contributed by atoms with van der Waals surface area (Å²) in [6.07, 6.45) is 0. The zero-order valence-electron chi connectivity index (χ0n) is 10.9. The highest BCUT2D eigenvalue weighted by Crippen LogP contribution is 2.22. The lowest BCUT2D eigenvalue weighted by atomic mass is 10.2. The summed E-state index contributed by atoms with van der Waals surface area (Å²) >= 11 is 5.79. The van der Waals surface area contributed by atoms with E-state index in [4.69, 9.17) is 17.3 Å². The summed E-state index contributed by atoms with van der Waals surface area (Å²) in [6, 6.07) is 9.65. The number of amides is 1. The smallest absolute Gasteiger partial charge is 0.251 e. The van der Waals surface area contributed by atoms with Crippen molar-refractivity contribution in [2.24, 2.45) is 0 Å². The second-order valence-corrected chi connectivity index (χ2v) is 4.81. The molecule has 0 aliphatic rings. The average Bonchev–Trinajstić information content (AvgIpc) is 2.37. The van der Waals surface area contributed by atoms with E-state index in [-0.39, 0.29) is 18.0 Å². The Morgan fingerprint density at radius 3 is 2.75 bits per heavy atom. The summed E-state index contributed by atoms with van der Waals surface area (Å²) < 4.78 is 1.39. The Kier molecular flexibility index (Phi) is 4.10. The van der Waals surface area contributed by atoms with Gasteiger partial charge in [-0.15, -0.1) is 0 Å². The van der Waals surface area contributed by atoms with Crippen LogP contribution in [0.1, 0.15) is 5.69 Å². The third-order valence-electron chi connectivity index (χ3n) is 2.86. The van der Waals surface area contributed by atoms with Crippen molar-refractivity contribution >= 4 is 28.9 Å². The summed E-state index contributed by atoms with van der Waals surface area (Å²) in [5.41, 5.74) is 7.11. The van der Waals surface area contributed by atoms with Gasteiger partial charge in [-0.25, -0.2) is 0 Å². The van der Waals surface area contributed by atoms with Gasteiger partial charge in [-0.1, -0.05) is 17.7 Å². The highest BCUT2D eigenvalue weighted by molar-refractivity contribution is 6.31. The highest BCUT2D eigenvalue weighted by atomic mass is 35.5. The molecule has 0 radical (unpaired) electrons. The van der Waals surface area contributed by atoms with Crippen molar-refractivity contribution in [3.63, 3.8) is 0 Å². The number of rotatable bonds is 3. The first-order chi connectivity index (χ1) is 9.47. The summed E-state index contributed by atoms with van der Waals surface area (Å²) in [5.74, 6) is -0.324. The van der Waals surface area contributed by atoms with Crippen molar-refractivity contribution in [1.29, 1.82) is 0 Å². The Hall–Kier alpha value is -2.27. The molecule has 0 saturated carbocycles. The minimum atomic E-state index is -0.324. The van der Waals surface area contributed by atoms with Crippen molar-refractivity contribution < 1.29 is 4.79 Å². The molecule has 1 aromatic heterocycles. The summed E-state index contributed by atoms with van der Waals surface area (Å²) in [7, 11) is 0. The van der Waals surface area contributed by atoms with Gasteiger partial charge >= 0.3 is 0 Å². The maximum atomic E-state index is 12.0. The monoisotopic (exact) mass is 291 g/mol. The van der Waals surface area contributed by atoms with E-state index in [0.717, 1.165) is 5.69 Å². The number of carbonyl (C=O) groups excluding carboxylic acids is 1. The molecule has 0 unspecified atom stereocenters. The van der Waals surface area contributed by atoms with Crippen molar-refractivity contribution in [1.82, 2.24) is 4.57 Å². The van der Waals surface area contributed by atoms with Gasteiger partial charge in [0.1, 0.15) is 6.54 Å². The molecule has 0 atom stereocenters. The van der Waals surface area contributed by atoms with Gasteiger partial charge in [0.15, 0.2) is 0 Å². The van der Waals surface area contributed by atoms with Gasteiger partial charge in [-0.05, 0) is 31.2 Å². The fourth-order valence-corrected chi connectivity index (χ4v) is 1.99. The molecule has 104 valence electrons. The standard InChI is InChI=1S/C14H14ClN3O2/c1-9-3-2-4-14(20)18(9)8-13(19)17-12-6-5-10(15)7-11(12)16/h2-7H,8,16H2,1H3,(H,17,19). The molecular formula is C14H14ClN3O2. The molecule has 20 heavy (non-hydrogen) atoms. The molecule has 0 spiro atoms. The predicted octanol–water partition coefficient (Wildman–Crippen LogP) is 2.03. The maximum Gasteiger partial charge on any atom is 0.251 e. The fraction of sp³-hybridized carbons (Fsp3) is 0.143. The lowest BCUT2D eigenvalue weighted by molar-refractivity contribution is -0.116. The molecule has 5 nitrogen and oxygen atoms in total. The van der Waals surface area contributed by atoms with E-state index in [2.05, 4.69) is 5.32 Å². The number of aryl methyl sites for hydroxylation is 1. The van der Waals surface area contributed by atoms with E-state index in [1.807, 2.05) is 0 Å². The summed E-state index contributed by atoms with van der Waals surface area (Å²) in [4.78, 5) is 23.6. The van der Waals surface area contributed by atoms with E-state index in [1.165, 1.54) is 10.6 Å². The van der Waals surface area contributed by atoms with Crippen LogP contribution in [0.25, 0.3) is 0 Å². The summed E-state index contributed by atoms with van der Waals surface area (Å²) in [5, 5.41) is 3.15. The largest absolute Gasteiger partial charge is 0.397 e. The van der Waals surface area contributed by atoms with E-state index in [1.54, 1.807) is 37.3 Å². The third-order valence-corrected chi connectivity index (χ3v) is 3.09. The number of benzene rings is 1. The number of hydrogen-bond acceptors (Lipinski definition) is 3. The molecule has 1 aromatic carbocycles. The first-order valence-electron chi connectivity index (χ1n) is 5.98. The predicted molar refractivity (Wildman–Crippen MR) is 79.9 cm³/mol. The normalized spacial score (nSPS) is 10.3. The minimum Gasteiger partial charge on any atom is -0.397 e. The van der Waals surface area contributed by atoms with Crippen LogP contribution in [0.3, 0.4) is 0 Å². The van der Waals surface area contributed by atoms with Gasteiger partial charge in [-0.2, -0.15) is 0 Å². The van der Waals surface area contributed by atoms with Crippen molar-refractivity contribution in [3.8, 4) is 0 Å². The fourth-order valence-electron chi connectivity index (χ4n) is 1.81. The zero-order valence-corrected chi connectivity index (χ0v) is 11.6. The number of aromatic nitrogens is 1. The van der Waals surface area contributed by atoms with E-state index in [9.17, 15) is 9.59 Å². The molecule has 3 N–H and O–H groups in total. The lowest BCUT2D eigenvalue weighted by Gasteiger charge is -2.11. The van der Waals surface area contributed by atoms with Crippen LogP contribution in [-0.2, 0) is 11.3 Å². The number of anilines is 2. The van der Waals surface area contributed by atoms with Crippen LogP contribution in [0.2, 0.25) is 5.02 Å². The van der Waals surface area contributed by atoms with Crippen LogP contribution in [-0.4, -0.2) is 10.5 Å². The van der Waals surface area contributed by atoms with E-state index >= 15 is 0 Å². The van der Waals surface area contributed by atoms with Gasteiger partial charge < -0.3 is 15.6 Å². The van der Waals surface area contributed by atoms with Crippen LogP contribution in [0.5, 0.6) is 0 Å². The molecule has 0 fully saturated rings. The quantitative estimate of drug-likeness (QED) is 0.850. The van der Waals surface area contributed by atoms with Crippen LogP contribution in [0.15, 0.2) is 41.2 Å². The Balaban J connectivity index is 2.15. The van der Waals surface area contributed by atoms with Gasteiger partial charge in [0, 0.05) is 16.8 Å². The van der Waals surface area contributed by atoms with Crippen molar-refractivity contribution in [2.45, 2.75) is 13.5 Å². The molecule has 2 rings (SSSR count). The van der Waals surface area contributed by atoms with E-state index < -0.39 is 0 Å². The maximum absolute atomic E-state index is 12.0. The number of nitrogens with zero attached hydrogens (tertiary/aromatic N) is 1. The van der Waals surface area contributed by atoms with Gasteiger partial charge in [0.05, 0.1) is 11.4 Å². The molecular weight excluding hydrogens is 278 g/mol. The van der Waals surface area contributed by atoms with Crippen LogP contribution < -0.4 is 16.6 Å². The highest BCUT2D eigenvalue weighted by Gasteiger charge is 2.08. The molecule has 0 bridgehead atoms. The van der Waals surface area contributed by atoms with Gasteiger partial charge in [0.25, 0.3) is 5.56 Å². The number of nitrogens with one attached hydrogen (secondary N) is 1. The second-order valence-electron chi connectivity index (χ2n) is 4.37. The Labute approximate surface area is 121 Å². The van der Waals surface area contributed by atoms with Crippen LogP contribution in [0.4, 0.5) is 11.4 Å². The SMILES string of the molecule is Cc1cccc(=O)n1CC(=O)Nc1ccc(Cl)cc1N. The number of nitrogen functional groups attached to an aromatic ring is 1. The van der Waals surface area contributed by atoms with E-state index in [0.29, 0.717) is 16.4 Å². The Morgan fingerprint density at radius 1 is 1.35 bits per heavy atom.